The molecule has 58 valence electrons. The van der Waals surface area contributed by atoms with Gasteiger partial charge in [0.1, 0.15) is 5.94 Å². The number of allylic oxidation sites excluding steroid dienone is 5. The van der Waals surface area contributed by atoms with E-state index in [1.54, 1.807) is 24.2 Å². The van der Waals surface area contributed by atoms with Crippen molar-refractivity contribution in [3.05, 3.63) is 43.0 Å². The zero-order valence-electron chi connectivity index (χ0n) is 6.55. The molecular formula is C10H12O. The van der Waals surface area contributed by atoms with Crippen LogP contribution < -0.4 is 0 Å². The highest BCUT2D eigenvalue weighted by molar-refractivity contribution is 5.49. The first kappa shape index (κ1) is 9.67. The van der Waals surface area contributed by atoms with Crippen LogP contribution in [0.1, 0.15) is 12.8 Å². The molecule has 0 bridgehead atoms. The minimum atomic E-state index is 0.796. The highest BCUT2D eigenvalue weighted by Gasteiger charge is 1.88. The molecule has 0 aliphatic rings. The molecule has 0 aromatic heterocycles. The van der Waals surface area contributed by atoms with Crippen molar-refractivity contribution < 1.29 is 4.79 Å². The fourth-order valence-electron chi connectivity index (χ4n) is 0.742. The van der Waals surface area contributed by atoms with Crippen LogP contribution in [0.4, 0.5) is 0 Å². The molecule has 0 radical (unpaired) electrons. The van der Waals surface area contributed by atoms with Crippen LogP contribution in [-0.2, 0) is 4.79 Å². The van der Waals surface area contributed by atoms with Crippen LogP contribution in [0.5, 0.6) is 0 Å². The maximum Gasteiger partial charge on any atom is 0.124 e. The van der Waals surface area contributed by atoms with E-state index in [1.807, 2.05) is 0 Å². The van der Waals surface area contributed by atoms with Crippen LogP contribution in [0.3, 0.4) is 0 Å². The van der Waals surface area contributed by atoms with Crippen LogP contribution in [-0.4, -0.2) is 5.94 Å². The molecular weight excluding hydrogens is 136 g/mol. The molecule has 0 saturated heterocycles. The van der Waals surface area contributed by atoms with Crippen LogP contribution in [0, 0.1) is 0 Å². The summed E-state index contributed by atoms with van der Waals surface area (Å²) in [6.45, 7) is 7.21. The summed E-state index contributed by atoms with van der Waals surface area (Å²) in [4.78, 5) is 9.84. The standard InChI is InChI=1S/C10H12O/c1-3-6-10(7-4-2)8-5-9-11/h3-5,8H,1-2,6-7H2. The predicted octanol–water partition coefficient (Wildman–Crippen LogP) is 2.45. The van der Waals surface area contributed by atoms with Crippen molar-refractivity contribution in [2.24, 2.45) is 0 Å². The molecule has 0 rings (SSSR count). The normalized spacial score (nSPS) is 7.64. The molecule has 1 nitrogen and oxygen atoms in total. The second-order valence-electron chi connectivity index (χ2n) is 2.10. The highest BCUT2D eigenvalue weighted by atomic mass is 16.1. The van der Waals surface area contributed by atoms with E-state index in [0.29, 0.717) is 0 Å². The lowest BCUT2D eigenvalue weighted by Crippen LogP contribution is -1.77. The molecule has 0 heterocycles. The van der Waals surface area contributed by atoms with Crippen molar-refractivity contribution in [1.82, 2.24) is 0 Å². The third-order valence-electron chi connectivity index (χ3n) is 1.20. The van der Waals surface area contributed by atoms with Crippen molar-refractivity contribution in [2.75, 3.05) is 0 Å². The smallest absolute Gasteiger partial charge is 0.124 e. The van der Waals surface area contributed by atoms with Crippen molar-refractivity contribution in [3.63, 3.8) is 0 Å². The van der Waals surface area contributed by atoms with Crippen molar-refractivity contribution in [2.45, 2.75) is 12.8 Å². The lowest BCUT2D eigenvalue weighted by Gasteiger charge is -1.96. The summed E-state index contributed by atoms with van der Waals surface area (Å²) in [5, 5.41) is 0. The summed E-state index contributed by atoms with van der Waals surface area (Å²) in [6, 6.07) is 0. The number of rotatable bonds is 5. The molecule has 0 amide bonds. The van der Waals surface area contributed by atoms with Gasteiger partial charge in [0.25, 0.3) is 0 Å². The number of hydrogen-bond acceptors (Lipinski definition) is 1. The van der Waals surface area contributed by atoms with Gasteiger partial charge in [-0.3, -0.25) is 0 Å². The molecule has 1 heteroatoms. The van der Waals surface area contributed by atoms with E-state index in [0.717, 1.165) is 18.4 Å². The first-order valence-corrected chi connectivity index (χ1v) is 3.45. The van der Waals surface area contributed by atoms with E-state index in [2.05, 4.69) is 13.2 Å². The monoisotopic (exact) mass is 148 g/mol. The van der Waals surface area contributed by atoms with Gasteiger partial charge in [-0.2, -0.15) is 0 Å². The zero-order chi connectivity index (χ0) is 8.53. The molecule has 0 N–H and O–H groups in total. The Labute approximate surface area is 67.4 Å². The van der Waals surface area contributed by atoms with Crippen LogP contribution in [0.15, 0.2) is 43.0 Å². The Kier molecular flexibility index (Phi) is 5.96. The molecule has 11 heavy (non-hydrogen) atoms. The lowest BCUT2D eigenvalue weighted by molar-refractivity contribution is 0.569. The molecule has 0 atom stereocenters. The Morgan fingerprint density at radius 1 is 1.27 bits per heavy atom. The molecule has 0 unspecified atom stereocenters. The fourth-order valence-corrected chi connectivity index (χ4v) is 0.742. The summed E-state index contributed by atoms with van der Waals surface area (Å²) < 4.78 is 0. The number of carbonyl (C=O) groups excluding carboxylic acids is 1. The second kappa shape index (κ2) is 6.79. The van der Waals surface area contributed by atoms with Gasteiger partial charge in [0.05, 0.1) is 0 Å². The topological polar surface area (TPSA) is 17.1 Å². The summed E-state index contributed by atoms with van der Waals surface area (Å²) in [5.41, 5.74) is 1.12. The predicted molar refractivity (Wildman–Crippen MR) is 48.0 cm³/mol. The maximum atomic E-state index is 9.84. The SMILES string of the molecule is C=CCC(=CC=C=O)CC=C. The third kappa shape index (κ3) is 5.13. The molecule has 0 spiro atoms. The van der Waals surface area contributed by atoms with Gasteiger partial charge in [-0.05, 0) is 12.8 Å². The second-order valence-corrected chi connectivity index (χ2v) is 2.10. The van der Waals surface area contributed by atoms with E-state index in [1.165, 1.54) is 6.08 Å². The van der Waals surface area contributed by atoms with Gasteiger partial charge >= 0.3 is 0 Å². The molecule has 0 aliphatic heterocycles. The Morgan fingerprint density at radius 2 is 1.82 bits per heavy atom. The largest absolute Gasteiger partial charge is 0.234 e. The Hall–Kier alpha value is -1.33. The van der Waals surface area contributed by atoms with Gasteiger partial charge in [0.2, 0.25) is 0 Å². The van der Waals surface area contributed by atoms with Gasteiger partial charge in [-0.15, -0.1) is 13.2 Å². The van der Waals surface area contributed by atoms with Crippen molar-refractivity contribution >= 4 is 5.94 Å². The maximum absolute atomic E-state index is 9.84. The van der Waals surface area contributed by atoms with Crippen molar-refractivity contribution in [1.29, 1.82) is 0 Å². The fraction of sp³-hybridized carbons (Fsp3) is 0.200. The lowest BCUT2D eigenvalue weighted by atomic mass is 10.1. The van der Waals surface area contributed by atoms with E-state index in [-0.39, 0.29) is 0 Å². The first-order valence-electron chi connectivity index (χ1n) is 3.45. The summed E-state index contributed by atoms with van der Waals surface area (Å²) in [7, 11) is 0. The Bertz CT molecular complexity index is 193. The molecule has 0 fully saturated rings. The summed E-state index contributed by atoms with van der Waals surface area (Å²) in [6.07, 6.45) is 8.30. The van der Waals surface area contributed by atoms with Crippen LogP contribution in [0.2, 0.25) is 0 Å². The minimum Gasteiger partial charge on any atom is -0.234 e. The van der Waals surface area contributed by atoms with E-state index >= 15 is 0 Å². The number of hydrogen-bond donors (Lipinski definition) is 0. The highest BCUT2D eigenvalue weighted by Crippen LogP contribution is 2.07. The molecule has 0 saturated carbocycles. The summed E-state index contributed by atoms with van der Waals surface area (Å²) in [5.74, 6) is 1.70. The van der Waals surface area contributed by atoms with E-state index in [9.17, 15) is 4.79 Å². The van der Waals surface area contributed by atoms with Crippen LogP contribution >= 0.6 is 0 Å². The average Bonchev–Trinajstić information content (AvgIpc) is 2.01. The zero-order valence-corrected chi connectivity index (χ0v) is 6.55. The molecule has 0 aliphatic carbocycles. The minimum absolute atomic E-state index is 0.796. The van der Waals surface area contributed by atoms with E-state index < -0.39 is 0 Å². The molecule has 0 aromatic carbocycles. The third-order valence-corrected chi connectivity index (χ3v) is 1.20. The van der Waals surface area contributed by atoms with Gasteiger partial charge in [0.15, 0.2) is 0 Å². The quantitative estimate of drug-likeness (QED) is 0.332. The Morgan fingerprint density at radius 3 is 2.18 bits per heavy atom. The van der Waals surface area contributed by atoms with Gasteiger partial charge in [-0.25, -0.2) is 4.79 Å². The summed E-state index contributed by atoms with van der Waals surface area (Å²) >= 11 is 0. The first-order chi connectivity index (χ1) is 5.35. The van der Waals surface area contributed by atoms with Gasteiger partial charge < -0.3 is 0 Å². The van der Waals surface area contributed by atoms with Gasteiger partial charge in [0, 0.05) is 6.08 Å². The average molecular weight is 148 g/mol. The van der Waals surface area contributed by atoms with E-state index in [4.69, 9.17) is 0 Å². The van der Waals surface area contributed by atoms with Gasteiger partial charge in [-0.1, -0.05) is 23.8 Å². The van der Waals surface area contributed by atoms with Crippen LogP contribution in [0.25, 0.3) is 0 Å². The van der Waals surface area contributed by atoms with Crippen molar-refractivity contribution in [3.8, 4) is 0 Å². The molecule has 0 aromatic rings. The Balaban J connectivity index is 4.16.